The third-order valence-electron chi connectivity index (χ3n) is 4.52. The molecule has 1 aromatic carbocycles. The van der Waals surface area contributed by atoms with Crippen LogP contribution in [0.4, 0.5) is 0 Å². The summed E-state index contributed by atoms with van der Waals surface area (Å²) in [6.07, 6.45) is 0.202. The van der Waals surface area contributed by atoms with Crippen LogP contribution in [-0.4, -0.2) is 63.2 Å². The van der Waals surface area contributed by atoms with Gasteiger partial charge in [0, 0.05) is 4.75 Å². The number of aliphatic hydroxyl groups excluding tert-OH is 1. The van der Waals surface area contributed by atoms with Crippen molar-refractivity contribution in [3.63, 3.8) is 0 Å². The van der Waals surface area contributed by atoms with Crippen LogP contribution in [0.2, 0.25) is 0 Å². The SMILES string of the molecule is CC1(C)S[C@@H]2[C@H](NC(=O)Cc3ccccc3)C(=O)N2C1C(=O)OCCO. The number of carbonyl (C=O) groups excluding carboxylic acids is 3. The van der Waals surface area contributed by atoms with E-state index in [1.807, 2.05) is 44.2 Å². The number of nitrogens with one attached hydrogen (secondary N) is 1. The Labute approximate surface area is 156 Å². The molecule has 8 heteroatoms. The number of aliphatic hydroxyl groups is 1. The molecule has 2 aliphatic heterocycles. The molecule has 140 valence electrons. The summed E-state index contributed by atoms with van der Waals surface area (Å²) < 4.78 is 4.49. The molecule has 2 N–H and O–H groups in total. The molecule has 3 rings (SSSR count). The number of hydrogen-bond acceptors (Lipinski definition) is 6. The third kappa shape index (κ3) is 3.43. The van der Waals surface area contributed by atoms with Gasteiger partial charge in [-0.15, -0.1) is 11.8 Å². The number of hydrogen-bond donors (Lipinski definition) is 2. The maximum atomic E-state index is 12.5. The van der Waals surface area contributed by atoms with E-state index in [0.717, 1.165) is 5.56 Å². The Kier molecular flexibility index (Phi) is 5.24. The van der Waals surface area contributed by atoms with E-state index in [0.29, 0.717) is 0 Å². The largest absolute Gasteiger partial charge is 0.462 e. The average molecular weight is 378 g/mol. The second-order valence-electron chi connectivity index (χ2n) is 6.86. The standard InChI is InChI=1S/C18H22N2O5S/c1-18(2)14(17(24)25-9-8-21)20-15(23)13(16(20)26-18)19-12(22)10-11-6-4-3-5-7-11/h3-7,13-14,16,21H,8-10H2,1-2H3,(H,19,22)/t13-,14?,16-/m1/s1. The van der Waals surface area contributed by atoms with E-state index in [1.165, 1.54) is 16.7 Å². The van der Waals surface area contributed by atoms with Crippen molar-refractivity contribution in [1.82, 2.24) is 10.2 Å². The maximum Gasteiger partial charge on any atom is 0.330 e. The van der Waals surface area contributed by atoms with Gasteiger partial charge in [-0.3, -0.25) is 9.59 Å². The first-order valence-electron chi connectivity index (χ1n) is 8.46. The lowest BCUT2D eigenvalue weighted by molar-refractivity contribution is -0.164. The second kappa shape index (κ2) is 7.28. The first-order valence-corrected chi connectivity index (χ1v) is 9.34. The summed E-state index contributed by atoms with van der Waals surface area (Å²) in [4.78, 5) is 38.6. The molecule has 0 bridgehead atoms. The van der Waals surface area contributed by atoms with Crippen molar-refractivity contribution in [2.75, 3.05) is 13.2 Å². The number of carbonyl (C=O) groups is 3. The average Bonchev–Trinajstić information content (AvgIpc) is 2.86. The molecule has 1 aromatic rings. The van der Waals surface area contributed by atoms with Crippen LogP contribution in [-0.2, 0) is 25.5 Å². The molecule has 0 spiro atoms. The minimum atomic E-state index is -0.723. The molecule has 2 heterocycles. The number of nitrogens with zero attached hydrogens (tertiary/aromatic N) is 1. The van der Waals surface area contributed by atoms with Crippen molar-refractivity contribution in [2.24, 2.45) is 0 Å². The smallest absolute Gasteiger partial charge is 0.330 e. The number of rotatable bonds is 6. The molecule has 0 aromatic heterocycles. The zero-order chi connectivity index (χ0) is 18.9. The Morgan fingerprint density at radius 1 is 1.31 bits per heavy atom. The Morgan fingerprint density at radius 3 is 2.65 bits per heavy atom. The van der Waals surface area contributed by atoms with Crippen LogP contribution in [0.15, 0.2) is 30.3 Å². The fourth-order valence-corrected chi connectivity index (χ4v) is 4.98. The highest BCUT2D eigenvalue weighted by atomic mass is 32.2. The van der Waals surface area contributed by atoms with Crippen LogP contribution in [0.5, 0.6) is 0 Å². The summed E-state index contributed by atoms with van der Waals surface area (Å²) in [6.45, 7) is 3.38. The molecule has 0 radical (unpaired) electrons. The van der Waals surface area contributed by atoms with Gasteiger partial charge in [0.05, 0.1) is 13.0 Å². The van der Waals surface area contributed by atoms with Crippen molar-refractivity contribution in [3.05, 3.63) is 35.9 Å². The number of β-lactam (4-membered cyclic amide) rings is 1. The van der Waals surface area contributed by atoms with Crippen molar-refractivity contribution in [1.29, 1.82) is 0 Å². The molecule has 0 saturated carbocycles. The monoisotopic (exact) mass is 378 g/mol. The molecule has 3 atom stereocenters. The van der Waals surface area contributed by atoms with E-state index in [4.69, 9.17) is 9.84 Å². The summed E-state index contributed by atoms with van der Waals surface area (Å²) in [7, 11) is 0. The molecule has 2 aliphatic rings. The van der Waals surface area contributed by atoms with E-state index >= 15 is 0 Å². The zero-order valence-corrected chi connectivity index (χ0v) is 15.5. The molecular formula is C18H22N2O5S. The summed E-state index contributed by atoms with van der Waals surface area (Å²) in [5, 5.41) is 11.3. The fraction of sp³-hybridized carbons (Fsp3) is 0.500. The van der Waals surface area contributed by atoms with Crippen LogP contribution in [0, 0.1) is 0 Å². The number of thioether (sulfide) groups is 1. The van der Waals surface area contributed by atoms with Gasteiger partial charge in [0.2, 0.25) is 11.8 Å². The van der Waals surface area contributed by atoms with E-state index < -0.39 is 22.8 Å². The Bertz CT molecular complexity index is 709. The summed E-state index contributed by atoms with van der Waals surface area (Å²) in [5.74, 6) is -1.03. The number of ether oxygens (including phenoxy) is 1. The molecule has 2 saturated heterocycles. The number of fused-ring (bicyclic) bond motifs is 1. The quantitative estimate of drug-likeness (QED) is 0.546. The van der Waals surface area contributed by atoms with Crippen molar-refractivity contribution < 1.29 is 24.2 Å². The Balaban J connectivity index is 1.64. The van der Waals surface area contributed by atoms with E-state index in [-0.39, 0.29) is 36.8 Å². The van der Waals surface area contributed by atoms with Gasteiger partial charge < -0.3 is 20.1 Å². The molecule has 0 aliphatic carbocycles. The highest BCUT2D eigenvalue weighted by Crippen LogP contribution is 2.51. The highest BCUT2D eigenvalue weighted by Gasteiger charge is 2.64. The fourth-order valence-electron chi connectivity index (χ4n) is 3.36. The van der Waals surface area contributed by atoms with E-state index in [9.17, 15) is 14.4 Å². The Morgan fingerprint density at radius 2 is 2.00 bits per heavy atom. The summed E-state index contributed by atoms with van der Waals surface area (Å²) in [5.41, 5.74) is 0.874. The van der Waals surface area contributed by atoms with Crippen molar-refractivity contribution in [3.8, 4) is 0 Å². The first-order chi connectivity index (χ1) is 12.3. The lowest BCUT2D eigenvalue weighted by Gasteiger charge is -2.43. The lowest BCUT2D eigenvalue weighted by atomic mass is 9.96. The minimum absolute atomic E-state index is 0.0972. The van der Waals surface area contributed by atoms with Gasteiger partial charge in [0.1, 0.15) is 24.1 Å². The van der Waals surface area contributed by atoms with Gasteiger partial charge in [-0.25, -0.2) is 4.79 Å². The summed E-state index contributed by atoms with van der Waals surface area (Å²) in [6, 6.07) is 7.95. The van der Waals surface area contributed by atoms with Crippen molar-refractivity contribution >= 4 is 29.5 Å². The van der Waals surface area contributed by atoms with Crippen molar-refractivity contribution in [2.45, 2.75) is 42.5 Å². The predicted octanol–water partition coefficient (Wildman–Crippen LogP) is 0.312. The van der Waals surface area contributed by atoms with Gasteiger partial charge >= 0.3 is 5.97 Å². The third-order valence-corrected chi connectivity index (χ3v) is 6.10. The molecule has 2 fully saturated rings. The van der Waals surface area contributed by atoms with Crippen LogP contribution in [0.25, 0.3) is 0 Å². The topological polar surface area (TPSA) is 95.9 Å². The van der Waals surface area contributed by atoms with Crippen LogP contribution in [0.1, 0.15) is 19.4 Å². The van der Waals surface area contributed by atoms with Gasteiger partial charge in [-0.2, -0.15) is 0 Å². The molecule has 7 nitrogen and oxygen atoms in total. The maximum absolute atomic E-state index is 12.5. The zero-order valence-electron chi connectivity index (χ0n) is 14.7. The number of amides is 2. The number of benzene rings is 1. The van der Waals surface area contributed by atoms with E-state index in [1.54, 1.807) is 0 Å². The Hall–Kier alpha value is -2.06. The van der Waals surface area contributed by atoms with Crippen LogP contribution in [0.3, 0.4) is 0 Å². The van der Waals surface area contributed by atoms with Crippen LogP contribution >= 0.6 is 11.8 Å². The predicted molar refractivity (Wildman–Crippen MR) is 96.2 cm³/mol. The van der Waals surface area contributed by atoms with Crippen LogP contribution < -0.4 is 5.32 Å². The van der Waals surface area contributed by atoms with Gasteiger partial charge in [-0.05, 0) is 19.4 Å². The lowest BCUT2D eigenvalue weighted by Crippen LogP contribution is -2.70. The normalized spacial score (nSPS) is 26.0. The van der Waals surface area contributed by atoms with Gasteiger partial charge in [0.15, 0.2) is 0 Å². The molecule has 2 amide bonds. The summed E-state index contributed by atoms with van der Waals surface area (Å²) >= 11 is 1.47. The van der Waals surface area contributed by atoms with Gasteiger partial charge in [0.25, 0.3) is 0 Å². The number of esters is 1. The minimum Gasteiger partial charge on any atom is -0.462 e. The van der Waals surface area contributed by atoms with E-state index in [2.05, 4.69) is 5.32 Å². The molecule has 26 heavy (non-hydrogen) atoms. The highest BCUT2D eigenvalue weighted by molar-refractivity contribution is 8.01. The second-order valence-corrected chi connectivity index (χ2v) is 8.63. The first kappa shape index (κ1) is 18.7. The van der Waals surface area contributed by atoms with Gasteiger partial charge in [-0.1, -0.05) is 30.3 Å². The molecular weight excluding hydrogens is 356 g/mol. The molecule has 1 unspecified atom stereocenters.